The van der Waals surface area contributed by atoms with Gasteiger partial charge in [-0.25, -0.2) is 0 Å². The van der Waals surface area contributed by atoms with E-state index in [0.717, 1.165) is 0 Å². The van der Waals surface area contributed by atoms with Gasteiger partial charge >= 0.3 is 0 Å². The van der Waals surface area contributed by atoms with E-state index in [1.807, 2.05) is 13.8 Å². The predicted octanol–water partition coefficient (Wildman–Crippen LogP) is 5.71. The zero-order valence-corrected chi connectivity index (χ0v) is 19.5. The average molecular weight is 478 g/mol. The molecule has 0 bridgehead atoms. The van der Waals surface area contributed by atoms with Crippen LogP contribution in [0.25, 0.3) is 5.76 Å². The molecule has 3 aromatic carbocycles. The first kappa shape index (κ1) is 23.4. The number of benzene rings is 3. The molecule has 1 aliphatic heterocycles. The standard InChI is InChI=1S/C27H24ClNO5/c1-16(2)15-34-22-8-4-6-18(14-22)25(31)23-24(17-5-3-7-21(30)13-17)29(27(33)26(23)32)20-11-9-19(28)10-12-20/h3-14,16,24,30-31H,15H2,1-2H3/b25-23-. The summed E-state index contributed by atoms with van der Waals surface area (Å²) in [6.45, 7) is 4.54. The highest BCUT2D eigenvalue weighted by Crippen LogP contribution is 2.43. The summed E-state index contributed by atoms with van der Waals surface area (Å²) >= 11 is 6.01. The first-order valence-corrected chi connectivity index (χ1v) is 11.2. The van der Waals surface area contributed by atoms with Crippen molar-refractivity contribution in [2.75, 3.05) is 11.5 Å². The van der Waals surface area contributed by atoms with E-state index < -0.39 is 17.7 Å². The molecular weight excluding hydrogens is 454 g/mol. The van der Waals surface area contributed by atoms with Gasteiger partial charge < -0.3 is 14.9 Å². The average Bonchev–Trinajstić information content (AvgIpc) is 3.08. The topological polar surface area (TPSA) is 87.1 Å². The summed E-state index contributed by atoms with van der Waals surface area (Å²) in [6.07, 6.45) is 0. The number of halogens is 1. The summed E-state index contributed by atoms with van der Waals surface area (Å²) < 4.78 is 5.76. The number of nitrogens with zero attached hydrogens (tertiary/aromatic N) is 1. The minimum atomic E-state index is -0.950. The number of aliphatic hydroxyl groups excluding tert-OH is 1. The molecule has 0 aliphatic carbocycles. The Morgan fingerprint density at radius 3 is 2.41 bits per heavy atom. The summed E-state index contributed by atoms with van der Waals surface area (Å²) in [7, 11) is 0. The van der Waals surface area contributed by atoms with Gasteiger partial charge in [0.1, 0.15) is 17.3 Å². The molecule has 7 heteroatoms. The summed E-state index contributed by atoms with van der Waals surface area (Å²) in [6, 6.07) is 18.6. The van der Waals surface area contributed by atoms with E-state index in [9.17, 15) is 19.8 Å². The molecule has 1 atom stereocenters. The Kier molecular flexibility index (Phi) is 6.61. The molecule has 1 aliphatic rings. The number of ketones is 1. The summed E-state index contributed by atoms with van der Waals surface area (Å²) in [5.41, 5.74) is 1.18. The monoisotopic (exact) mass is 477 g/mol. The van der Waals surface area contributed by atoms with Crippen molar-refractivity contribution in [3.63, 3.8) is 0 Å². The highest BCUT2D eigenvalue weighted by molar-refractivity contribution is 6.51. The van der Waals surface area contributed by atoms with Gasteiger partial charge in [0, 0.05) is 16.3 Å². The third-order valence-corrected chi connectivity index (χ3v) is 5.68. The molecular formula is C27H24ClNO5. The Balaban J connectivity index is 1.86. The second kappa shape index (κ2) is 9.61. The zero-order valence-electron chi connectivity index (χ0n) is 18.7. The molecule has 1 saturated heterocycles. The molecule has 1 heterocycles. The molecule has 4 rings (SSSR count). The van der Waals surface area contributed by atoms with E-state index in [4.69, 9.17) is 16.3 Å². The van der Waals surface area contributed by atoms with Crippen molar-refractivity contribution in [2.45, 2.75) is 19.9 Å². The van der Waals surface area contributed by atoms with Crippen LogP contribution in [0.1, 0.15) is 31.0 Å². The summed E-state index contributed by atoms with van der Waals surface area (Å²) in [4.78, 5) is 27.7. The van der Waals surface area contributed by atoms with Gasteiger partial charge in [0.2, 0.25) is 0 Å². The van der Waals surface area contributed by atoms with Gasteiger partial charge in [0.15, 0.2) is 0 Å². The Labute approximate surface area is 202 Å². The van der Waals surface area contributed by atoms with Gasteiger partial charge in [-0.1, -0.05) is 49.7 Å². The van der Waals surface area contributed by atoms with Crippen LogP contribution < -0.4 is 9.64 Å². The smallest absolute Gasteiger partial charge is 0.300 e. The first-order valence-electron chi connectivity index (χ1n) is 10.8. The molecule has 1 amide bonds. The maximum Gasteiger partial charge on any atom is 0.300 e. The number of aromatic hydroxyl groups is 1. The second-order valence-corrected chi connectivity index (χ2v) is 8.91. The number of carbonyl (C=O) groups is 2. The number of aliphatic hydroxyl groups is 1. The minimum absolute atomic E-state index is 0.0247. The molecule has 0 aromatic heterocycles. The fourth-order valence-electron chi connectivity index (χ4n) is 3.86. The number of anilines is 1. The number of ether oxygens (including phenoxy) is 1. The van der Waals surface area contributed by atoms with Gasteiger partial charge in [-0.2, -0.15) is 0 Å². The summed E-state index contributed by atoms with van der Waals surface area (Å²) in [5.74, 6) is -1.11. The normalized spacial score (nSPS) is 17.4. The second-order valence-electron chi connectivity index (χ2n) is 8.47. The fraction of sp³-hybridized carbons (Fsp3) is 0.185. The van der Waals surface area contributed by atoms with Crippen molar-refractivity contribution in [3.05, 3.63) is 94.5 Å². The summed E-state index contributed by atoms with van der Waals surface area (Å²) in [5, 5.41) is 21.8. The fourth-order valence-corrected chi connectivity index (χ4v) is 3.99. The molecule has 0 saturated carbocycles. The lowest BCUT2D eigenvalue weighted by Crippen LogP contribution is -2.29. The van der Waals surface area contributed by atoms with E-state index >= 15 is 0 Å². The quantitative estimate of drug-likeness (QED) is 0.270. The number of amides is 1. The van der Waals surface area contributed by atoms with E-state index in [2.05, 4.69) is 0 Å². The van der Waals surface area contributed by atoms with Gasteiger partial charge in [-0.3, -0.25) is 14.5 Å². The third-order valence-electron chi connectivity index (χ3n) is 5.43. The molecule has 6 nitrogen and oxygen atoms in total. The van der Waals surface area contributed by atoms with Crippen LogP contribution in [-0.4, -0.2) is 28.5 Å². The van der Waals surface area contributed by atoms with Gasteiger partial charge in [-0.15, -0.1) is 0 Å². The first-order chi connectivity index (χ1) is 16.3. The van der Waals surface area contributed by atoms with Crippen LogP contribution in [-0.2, 0) is 9.59 Å². The minimum Gasteiger partial charge on any atom is -0.508 e. The van der Waals surface area contributed by atoms with Crippen LogP contribution in [0.3, 0.4) is 0 Å². The Morgan fingerprint density at radius 1 is 1.03 bits per heavy atom. The van der Waals surface area contributed by atoms with E-state index in [1.165, 1.54) is 17.0 Å². The predicted molar refractivity (Wildman–Crippen MR) is 131 cm³/mol. The van der Waals surface area contributed by atoms with Crippen LogP contribution in [0, 0.1) is 5.92 Å². The van der Waals surface area contributed by atoms with Crippen LogP contribution in [0.5, 0.6) is 11.5 Å². The van der Waals surface area contributed by atoms with Gasteiger partial charge in [-0.05, 0) is 60.0 Å². The SMILES string of the molecule is CC(C)COc1cccc(/C(O)=C2/C(=O)C(=O)N(c3ccc(Cl)cc3)C2c2cccc(O)c2)c1. The highest BCUT2D eigenvalue weighted by Gasteiger charge is 2.47. The number of Topliss-reactive ketones (excluding diaryl/α,β-unsaturated/α-hetero) is 1. The number of carbonyl (C=O) groups excluding carboxylic acids is 2. The molecule has 0 spiro atoms. The molecule has 174 valence electrons. The largest absolute Gasteiger partial charge is 0.508 e. The lowest BCUT2D eigenvalue weighted by atomic mass is 9.95. The van der Waals surface area contributed by atoms with Crippen LogP contribution in [0.2, 0.25) is 5.02 Å². The number of rotatable bonds is 6. The van der Waals surface area contributed by atoms with Crippen LogP contribution in [0.4, 0.5) is 5.69 Å². The van der Waals surface area contributed by atoms with Gasteiger partial charge in [0.05, 0.1) is 18.2 Å². The van der Waals surface area contributed by atoms with E-state index in [0.29, 0.717) is 40.1 Å². The van der Waals surface area contributed by atoms with Gasteiger partial charge in [0.25, 0.3) is 11.7 Å². The highest BCUT2D eigenvalue weighted by atomic mass is 35.5. The number of hydrogen-bond donors (Lipinski definition) is 2. The maximum atomic E-state index is 13.2. The maximum absolute atomic E-state index is 13.2. The van der Waals surface area contributed by atoms with E-state index in [1.54, 1.807) is 60.7 Å². The molecule has 34 heavy (non-hydrogen) atoms. The van der Waals surface area contributed by atoms with Crippen molar-refractivity contribution >= 4 is 34.7 Å². The number of hydrogen-bond acceptors (Lipinski definition) is 5. The molecule has 0 radical (unpaired) electrons. The molecule has 3 aromatic rings. The Hall–Kier alpha value is -3.77. The van der Waals surface area contributed by atoms with Crippen molar-refractivity contribution in [3.8, 4) is 11.5 Å². The van der Waals surface area contributed by atoms with Crippen LogP contribution >= 0.6 is 11.6 Å². The van der Waals surface area contributed by atoms with Crippen molar-refractivity contribution in [1.29, 1.82) is 0 Å². The van der Waals surface area contributed by atoms with Crippen molar-refractivity contribution in [1.82, 2.24) is 0 Å². The van der Waals surface area contributed by atoms with Crippen molar-refractivity contribution in [2.24, 2.45) is 5.92 Å². The Bertz CT molecular complexity index is 1270. The van der Waals surface area contributed by atoms with E-state index in [-0.39, 0.29) is 17.1 Å². The van der Waals surface area contributed by atoms with Crippen LogP contribution in [0.15, 0.2) is 78.4 Å². The molecule has 1 unspecified atom stereocenters. The molecule has 2 N–H and O–H groups in total. The van der Waals surface area contributed by atoms with Crippen molar-refractivity contribution < 1.29 is 24.5 Å². The zero-order chi connectivity index (χ0) is 24.4. The number of phenols is 1. The Morgan fingerprint density at radius 2 is 1.74 bits per heavy atom. The number of phenolic OH excluding ortho intramolecular Hbond substituents is 1. The third kappa shape index (κ3) is 4.63. The molecule has 1 fully saturated rings. The lowest BCUT2D eigenvalue weighted by molar-refractivity contribution is -0.132. The lowest BCUT2D eigenvalue weighted by Gasteiger charge is -2.25.